The Bertz CT molecular complexity index is 1070. The van der Waals surface area contributed by atoms with Crippen LogP contribution in [-0.2, 0) is 13.6 Å². The summed E-state index contributed by atoms with van der Waals surface area (Å²) in [4.78, 5) is 30.3. The van der Waals surface area contributed by atoms with Gasteiger partial charge in [-0.25, -0.2) is 14.6 Å². The van der Waals surface area contributed by atoms with Gasteiger partial charge in [-0.15, -0.1) is 0 Å². The molecule has 0 atom stereocenters. The molecule has 0 bridgehead atoms. The Morgan fingerprint density at radius 1 is 1.22 bits per heavy atom. The van der Waals surface area contributed by atoms with Gasteiger partial charge in [0.05, 0.1) is 12.3 Å². The van der Waals surface area contributed by atoms with Crippen molar-refractivity contribution >= 4 is 22.8 Å². The van der Waals surface area contributed by atoms with Crippen molar-refractivity contribution in [3.05, 3.63) is 56.5 Å². The fourth-order valence-corrected chi connectivity index (χ4v) is 2.57. The second-order valence-corrected chi connectivity index (χ2v) is 5.19. The van der Waals surface area contributed by atoms with E-state index in [4.69, 9.17) is 0 Å². The van der Waals surface area contributed by atoms with Crippen LogP contribution in [0.1, 0.15) is 5.56 Å². The largest absolute Gasteiger partial charge is 0.329 e. The van der Waals surface area contributed by atoms with E-state index in [9.17, 15) is 14.0 Å². The molecule has 23 heavy (non-hydrogen) atoms. The summed E-state index contributed by atoms with van der Waals surface area (Å²) in [6.07, 6.45) is 0. The quantitative estimate of drug-likeness (QED) is 0.679. The van der Waals surface area contributed by atoms with E-state index < -0.39 is 11.2 Å². The number of halogens is 1. The van der Waals surface area contributed by atoms with Gasteiger partial charge in [-0.2, -0.15) is 10.1 Å². The fourth-order valence-electron chi connectivity index (χ4n) is 2.57. The first-order valence-corrected chi connectivity index (χ1v) is 6.82. The second kappa shape index (κ2) is 4.63. The highest BCUT2D eigenvalue weighted by molar-refractivity contribution is 6.02. The number of aryl methyl sites for hydroxylation is 1. The maximum absolute atomic E-state index is 13.0. The van der Waals surface area contributed by atoms with Gasteiger partial charge in [0.15, 0.2) is 11.2 Å². The number of nitrogens with zero attached hydrogens (tertiary/aromatic N) is 4. The molecule has 2 aromatic heterocycles. The van der Waals surface area contributed by atoms with Gasteiger partial charge in [0, 0.05) is 7.05 Å². The predicted molar refractivity (Wildman–Crippen MR) is 82.2 cm³/mol. The SMILES string of the molecule is Cn1c(=O)[nH]c(=O)c2c1nc1n2CC(c2ccc(F)cc2)=NN1. The number of nitrogens with one attached hydrogen (secondary N) is 2. The molecule has 116 valence electrons. The predicted octanol–water partition coefficient (Wildman–Crippen LogP) is 0.392. The molecule has 3 heterocycles. The van der Waals surface area contributed by atoms with E-state index in [1.165, 1.54) is 23.7 Å². The number of benzene rings is 1. The van der Waals surface area contributed by atoms with E-state index in [0.717, 1.165) is 5.56 Å². The number of hydrazone groups is 1. The number of rotatable bonds is 1. The molecule has 0 radical (unpaired) electrons. The smallest absolute Gasteiger partial charge is 0.297 e. The summed E-state index contributed by atoms with van der Waals surface area (Å²) in [5, 5.41) is 4.21. The monoisotopic (exact) mass is 314 g/mol. The van der Waals surface area contributed by atoms with E-state index in [-0.39, 0.29) is 23.5 Å². The lowest BCUT2D eigenvalue weighted by atomic mass is 10.1. The van der Waals surface area contributed by atoms with Crippen molar-refractivity contribution in [2.24, 2.45) is 12.1 Å². The van der Waals surface area contributed by atoms with E-state index in [1.54, 1.807) is 16.7 Å². The zero-order chi connectivity index (χ0) is 16.1. The number of anilines is 1. The van der Waals surface area contributed by atoms with Gasteiger partial charge >= 0.3 is 5.69 Å². The van der Waals surface area contributed by atoms with Crippen molar-refractivity contribution in [2.75, 3.05) is 5.43 Å². The van der Waals surface area contributed by atoms with Crippen molar-refractivity contribution < 1.29 is 4.39 Å². The minimum atomic E-state index is -0.530. The summed E-state index contributed by atoms with van der Waals surface area (Å²) in [6.45, 7) is 0.283. The Morgan fingerprint density at radius 2 is 1.96 bits per heavy atom. The van der Waals surface area contributed by atoms with Crippen LogP contribution < -0.4 is 16.7 Å². The third kappa shape index (κ3) is 1.97. The van der Waals surface area contributed by atoms with Crippen molar-refractivity contribution in [3.8, 4) is 0 Å². The Labute approximate surface area is 127 Å². The van der Waals surface area contributed by atoms with Crippen LogP contribution in [0.2, 0.25) is 0 Å². The topological polar surface area (TPSA) is 97.1 Å². The van der Waals surface area contributed by atoms with Crippen molar-refractivity contribution in [1.29, 1.82) is 0 Å². The maximum atomic E-state index is 13.0. The minimum absolute atomic E-state index is 0.275. The number of imidazole rings is 1. The molecule has 3 aromatic rings. The Kier molecular flexibility index (Phi) is 2.71. The molecule has 4 rings (SSSR count). The van der Waals surface area contributed by atoms with Gasteiger partial charge < -0.3 is 0 Å². The second-order valence-electron chi connectivity index (χ2n) is 5.19. The molecule has 0 spiro atoms. The van der Waals surface area contributed by atoms with Gasteiger partial charge in [-0.05, 0) is 17.7 Å². The van der Waals surface area contributed by atoms with E-state index in [0.29, 0.717) is 11.7 Å². The first-order valence-electron chi connectivity index (χ1n) is 6.82. The van der Waals surface area contributed by atoms with E-state index in [2.05, 4.69) is 20.5 Å². The first kappa shape index (κ1) is 13.4. The fraction of sp³-hybridized carbons (Fsp3) is 0.143. The lowest BCUT2D eigenvalue weighted by Gasteiger charge is -2.16. The molecule has 2 N–H and O–H groups in total. The Balaban J connectivity index is 1.87. The molecule has 8 nitrogen and oxygen atoms in total. The average molecular weight is 314 g/mol. The van der Waals surface area contributed by atoms with Gasteiger partial charge in [-0.1, -0.05) is 12.1 Å². The molecule has 0 saturated heterocycles. The van der Waals surface area contributed by atoms with Gasteiger partial charge in [0.2, 0.25) is 5.95 Å². The molecular formula is C14H11FN6O2. The summed E-state index contributed by atoms with van der Waals surface area (Å²) >= 11 is 0. The number of H-pyrrole nitrogens is 1. The highest BCUT2D eigenvalue weighted by Crippen LogP contribution is 2.20. The van der Waals surface area contributed by atoms with Crippen molar-refractivity contribution in [2.45, 2.75) is 6.54 Å². The number of aromatic nitrogens is 4. The first-order chi connectivity index (χ1) is 11.0. The molecule has 1 aromatic carbocycles. The van der Waals surface area contributed by atoms with Crippen LogP contribution in [0.15, 0.2) is 39.0 Å². The third-order valence-electron chi connectivity index (χ3n) is 3.78. The summed E-state index contributed by atoms with van der Waals surface area (Å²) in [7, 11) is 1.53. The Hall–Kier alpha value is -3.23. The Morgan fingerprint density at radius 3 is 2.70 bits per heavy atom. The molecule has 0 aliphatic carbocycles. The summed E-state index contributed by atoms with van der Waals surface area (Å²) in [5.41, 5.74) is 3.64. The van der Waals surface area contributed by atoms with Crippen LogP contribution in [0, 0.1) is 5.82 Å². The molecule has 0 amide bonds. The molecule has 9 heteroatoms. The molecule has 0 saturated carbocycles. The third-order valence-corrected chi connectivity index (χ3v) is 3.78. The van der Waals surface area contributed by atoms with Crippen LogP contribution in [-0.4, -0.2) is 24.8 Å². The highest BCUT2D eigenvalue weighted by Gasteiger charge is 2.22. The molecule has 0 fully saturated rings. The van der Waals surface area contributed by atoms with Crippen LogP contribution in [0.25, 0.3) is 11.2 Å². The van der Waals surface area contributed by atoms with E-state index >= 15 is 0 Å². The van der Waals surface area contributed by atoms with E-state index in [1.807, 2.05) is 0 Å². The lowest BCUT2D eigenvalue weighted by Crippen LogP contribution is -2.30. The highest BCUT2D eigenvalue weighted by atomic mass is 19.1. The number of aromatic amines is 1. The summed E-state index contributed by atoms with van der Waals surface area (Å²) in [5.74, 6) is 0.0379. The van der Waals surface area contributed by atoms with Crippen LogP contribution >= 0.6 is 0 Å². The van der Waals surface area contributed by atoms with Gasteiger partial charge in [0.1, 0.15) is 5.82 Å². The number of hydrogen-bond acceptors (Lipinski definition) is 5. The molecule has 0 unspecified atom stereocenters. The molecule has 1 aliphatic rings. The van der Waals surface area contributed by atoms with Crippen LogP contribution in [0.3, 0.4) is 0 Å². The van der Waals surface area contributed by atoms with Gasteiger partial charge in [0.25, 0.3) is 5.56 Å². The molecule has 1 aliphatic heterocycles. The van der Waals surface area contributed by atoms with Crippen LogP contribution in [0.5, 0.6) is 0 Å². The summed E-state index contributed by atoms with van der Waals surface area (Å²) < 4.78 is 15.9. The van der Waals surface area contributed by atoms with Gasteiger partial charge in [-0.3, -0.25) is 18.9 Å². The number of fused-ring (bicyclic) bond motifs is 3. The van der Waals surface area contributed by atoms with Crippen molar-refractivity contribution in [1.82, 2.24) is 19.1 Å². The number of hydrogen-bond donors (Lipinski definition) is 2. The maximum Gasteiger partial charge on any atom is 0.329 e. The zero-order valence-electron chi connectivity index (χ0n) is 12.0. The lowest BCUT2D eigenvalue weighted by molar-refractivity contribution is 0.627. The molecular weight excluding hydrogens is 303 g/mol. The normalized spacial score (nSPS) is 13.6. The van der Waals surface area contributed by atoms with Crippen LogP contribution in [0.4, 0.5) is 10.3 Å². The van der Waals surface area contributed by atoms with Crippen molar-refractivity contribution in [3.63, 3.8) is 0 Å². The minimum Gasteiger partial charge on any atom is -0.297 e. The standard InChI is InChI=1S/C14H11FN6O2/c1-20-11-10(12(22)17-14(20)23)21-6-9(18-19-13(21)16-11)7-2-4-8(15)5-3-7/h2-5H,6H2,1H3,(H,16,19)(H,17,22,23). The summed E-state index contributed by atoms with van der Waals surface area (Å²) in [6, 6.07) is 5.91. The zero-order valence-corrected chi connectivity index (χ0v) is 12.0. The average Bonchev–Trinajstić information content (AvgIpc) is 2.92.